The van der Waals surface area contributed by atoms with Gasteiger partial charge in [-0.3, -0.25) is 10.1 Å². The molecule has 0 aliphatic rings. The summed E-state index contributed by atoms with van der Waals surface area (Å²) in [6, 6.07) is 0.266. The highest BCUT2D eigenvalue weighted by atomic mass is 32.2. The fraction of sp³-hybridized carbons (Fsp3) is 0.583. The Morgan fingerprint density at radius 3 is 2.71 bits per heavy atom. The van der Waals surface area contributed by atoms with Gasteiger partial charge in [0, 0.05) is 12.0 Å². The van der Waals surface area contributed by atoms with Crippen LogP contribution in [-0.2, 0) is 4.79 Å². The second-order valence-electron chi connectivity index (χ2n) is 5.05. The van der Waals surface area contributed by atoms with Gasteiger partial charge in [-0.25, -0.2) is 0 Å². The van der Waals surface area contributed by atoms with Gasteiger partial charge in [0.05, 0.1) is 5.75 Å². The van der Waals surface area contributed by atoms with Crippen LogP contribution in [0, 0.1) is 0 Å². The monoisotopic (exact) mass is 326 g/mol. The molecule has 1 amide bonds. The van der Waals surface area contributed by atoms with Crippen molar-refractivity contribution in [3.05, 3.63) is 11.3 Å². The van der Waals surface area contributed by atoms with Crippen molar-refractivity contribution in [2.45, 2.75) is 44.8 Å². The van der Waals surface area contributed by atoms with E-state index in [1.54, 1.807) is 6.33 Å². The maximum absolute atomic E-state index is 11.9. The number of rotatable bonds is 6. The van der Waals surface area contributed by atoms with Crippen molar-refractivity contribution < 1.29 is 4.79 Å². The van der Waals surface area contributed by atoms with E-state index in [0.717, 1.165) is 10.2 Å². The lowest BCUT2D eigenvalue weighted by Gasteiger charge is -2.08. The minimum atomic E-state index is -0.121. The molecule has 2 aromatic rings. The van der Waals surface area contributed by atoms with E-state index in [0.29, 0.717) is 11.0 Å². The predicted octanol–water partition coefficient (Wildman–Crippen LogP) is 2.56. The van der Waals surface area contributed by atoms with Crippen LogP contribution in [-0.4, -0.2) is 36.6 Å². The zero-order valence-corrected chi connectivity index (χ0v) is 14.0. The van der Waals surface area contributed by atoms with Gasteiger partial charge in [-0.05, 0) is 13.8 Å². The van der Waals surface area contributed by atoms with Crippen LogP contribution >= 0.6 is 23.1 Å². The van der Waals surface area contributed by atoms with Gasteiger partial charge in [0.1, 0.15) is 11.3 Å². The highest BCUT2D eigenvalue weighted by molar-refractivity contribution is 7.99. The normalized spacial score (nSPS) is 11.3. The third-order valence-corrected chi connectivity index (χ3v) is 4.71. The van der Waals surface area contributed by atoms with E-state index in [9.17, 15) is 4.79 Å². The van der Waals surface area contributed by atoms with E-state index in [1.807, 2.05) is 32.3 Å². The molecule has 0 radical (unpaired) electrons. The first-order chi connectivity index (χ1) is 9.97. The topological polar surface area (TPSA) is 85.6 Å². The number of amides is 1. The Labute approximate surface area is 131 Å². The lowest BCUT2D eigenvalue weighted by Crippen LogP contribution is -2.14. The van der Waals surface area contributed by atoms with Crippen molar-refractivity contribution in [2.24, 2.45) is 0 Å². The van der Waals surface area contributed by atoms with Crippen molar-refractivity contribution >= 4 is 34.1 Å². The number of nitrogens with one attached hydrogen (secondary N) is 1. The molecule has 0 fully saturated rings. The number of nitrogens with zero attached hydrogens (tertiary/aromatic N) is 5. The molecule has 9 heteroatoms. The molecule has 1 N–H and O–H groups in total. The van der Waals surface area contributed by atoms with Gasteiger partial charge in [-0.15, -0.1) is 20.4 Å². The molecule has 0 bridgehead atoms. The van der Waals surface area contributed by atoms with E-state index in [-0.39, 0.29) is 17.7 Å². The van der Waals surface area contributed by atoms with Crippen LogP contribution < -0.4 is 5.32 Å². The first-order valence-corrected chi connectivity index (χ1v) is 8.43. The van der Waals surface area contributed by atoms with Gasteiger partial charge in [-0.2, -0.15) is 0 Å². The molecule has 0 saturated heterocycles. The molecular weight excluding hydrogens is 308 g/mol. The molecule has 0 unspecified atom stereocenters. The van der Waals surface area contributed by atoms with E-state index in [2.05, 4.69) is 25.7 Å². The number of carbonyl (C=O) groups excluding carboxylic acids is 1. The summed E-state index contributed by atoms with van der Waals surface area (Å²) in [6.45, 7) is 8.17. The summed E-state index contributed by atoms with van der Waals surface area (Å²) in [5.41, 5.74) is 0. The Morgan fingerprint density at radius 1 is 1.33 bits per heavy atom. The molecule has 0 aromatic carbocycles. The highest BCUT2D eigenvalue weighted by Gasteiger charge is 2.13. The summed E-state index contributed by atoms with van der Waals surface area (Å²) in [5.74, 6) is 0.457. The Hall–Kier alpha value is -1.48. The highest BCUT2D eigenvalue weighted by Crippen LogP contribution is 2.23. The molecule has 0 spiro atoms. The van der Waals surface area contributed by atoms with Crippen LogP contribution in [0.3, 0.4) is 0 Å². The maximum Gasteiger partial charge on any atom is 0.236 e. The van der Waals surface area contributed by atoms with Crippen LogP contribution in [0.25, 0.3) is 0 Å². The molecule has 2 rings (SSSR count). The molecular formula is C12H18N6OS2. The van der Waals surface area contributed by atoms with Crippen LogP contribution in [0.2, 0.25) is 0 Å². The minimum Gasteiger partial charge on any atom is -0.306 e. The van der Waals surface area contributed by atoms with Crippen LogP contribution in [0.5, 0.6) is 0 Å². The standard InChI is InChI=1S/C12H18N6OS2/c1-7(2)10-15-16-11(21-10)14-9(19)5-20-12-17-13-6-18(12)8(3)4/h6-8H,5H2,1-4H3,(H,14,16,19). The Morgan fingerprint density at radius 2 is 2.10 bits per heavy atom. The molecule has 0 saturated carbocycles. The molecule has 0 aliphatic carbocycles. The van der Waals surface area contributed by atoms with E-state index < -0.39 is 0 Å². The molecule has 0 atom stereocenters. The Balaban J connectivity index is 1.88. The smallest absolute Gasteiger partial charge is 0.236 e. The number of anilines is 1. The third kappa shape index (κ3) is 4.24. The lowest BCUT2D eigenvalue weighted by atomic mass is 10.2. The Kier molecular flexibility index (Phi) is 5.29. The van der Waals surface area contributed by atoms with Crippen molar-refractivity contribution in [1.82, 2.24) is 25.0 Å². The van der Waals surface area contributed by atoms with Crippen LogP contribution in [0.15, 0.2) is 11.5 Å². The van der Waals surface area contributed by atoms with Crippen LogP contribution in [0.4, 0.5) is 5.13 Å². The molecule has 2 aromatic heterocycles. The number of hydrogen-bond acceptors (Lipinski definition) is 7. The molecule has 114 valence electrons. The summed E-state index contributed by atoms with van der Waals surface area (Å²) in [7, 11) is 0. The first-order valence-electron chi connectivity index (χ1n) is 6.63. The third-order valence-electron chi connectivity index (χ3n) is 2.61. The van der Waals surface area contributed by atoms with Gasteiger partial charge < -0.3 is 4.57 Å². The van der Waals surface area contributed by atoms with Crippen molar-refractivity contribution in [1.29, 1.82) is 0 Å². The first kappa shape index (κ1) is 15.9. The fourth-order valence-electron chi connectivity index (χ4n) is 1.49. The molecule has 2 heterocycles. The quantitative estimate of drug-likeness (QED) is 0.821. The van der Waals surface area contributed by atoms with Gasteiger partial charge in [-0.1, -0.05) is 36.9 Å². The SMILES string of the molecule is CC(C)c1nnc(NC(=O)CSc2nncn2C(C)C)s1. The lowest BCUT2D eigenvalue weighted by molar-refractivity contribution is -0.113. The van der Waals surface area contributed by atoms with Crippen molar-refractivity contribution in [3.63, 3.8) is 0 Å². The number of thioether (sulfide) groups is 1. The van der Waals surface area contributed by atoms with Crippen molar-refractivity contribution in [3.8, 4) is 0 Å². The molecule has 0 aliphatic heterocycles. The van der Waals surface area contributed by atoms with E-state index in [4.69, 9.17) is 0 Å². The van der Waals surface area contributed by atoms with Gasteiger partial charge in [0.25, 0.3) is 0 Å². The average molecular weight is 326 g/mol. The van der Waals surface area contributed by atoms with E-state index in [1.165, 1.54) is 23.1 Å². The summed E-state index contributed by atoms with van der Waals surface area (Å²) >= 11 is 2.76. The predicted molar refractivity (Wildman–Crippen MR) is 83.8 cm³/mol. The van der Waals surface area contributed by atoms with Crippen LogP contribution in [0.1, 0.15) is 44.7 Å². The summed E-state index contributed by atoms with van der Waals surface area (Å²) in [5, 5.41) is 20.8. The largest absolute Gasteiger partial charge is 0.306 e. The fourth-order valence-corrected chi connectivity index (χ4v) is 3.10. The zero-order chi connectivity index (χ0) is 15.4. The number of aromatic nitrogens is 5. The molecule has 21 heavy (non-hydrogen) atoms. The molecule has 7 nitrogen and oxygen atoms in total. The summed E-state index contributed by atoms with van der Waals surface area (Å²) in [4.78, 5) is 11.9. The maximum atomic E-state index is 11.9. The number of carbonyl (C=O) groups is 1. The summed E-state index contributed by atoms with van der Waals surface area (Å²) in [6.07, 6.45) is 1.67. The average Bonchev–Trinajstić information content (AvgIpc) is 3.04. The number of hydrogen-bond donors (Lipinski definition) is 1. The zero-order valence-electron chi connectivity index (χ0n) is 12.4. The van der Waals surface area contributed by atoms with Gasteiger partial charge in [0.15, 0.2) is 5.16 Å². The second kappa shape index (κ2) is 6.99. The second-order valence-corrected chi connectivity index (χ2v) is 7.00. The van der Waals surface area contributed by atoms with Gasteiger partial charge >= 0.3 is 0 Å². The Bertz CT molecular complexity index is 606. The summed E-state index contributed by atoms with van der Waals surface area (Å²) < 4.78 is 1.93. The van der Waals surface area contributed by atoms with E-state index >= 15 is 0 Å². The van der Waals surface area contributed by atoms with Gasteiger partial charge in [0.2, 0.25) is 11.0 Å². The minimum absolute atomic E-state index is 0.121. The van der Waals surface area contributed by atoms with Crippen molar-refractivity contribution in [2.75, 3.05) is 11.1 Å².